The van der Waals surface area contributed by atoms with Gasteiger partial charge in [-0.25, -0.2) is 9.78 Å². The van der Waals surface area contributed by atoms with Gasteiger partial charge in [0, 0.05) is 19.2 Å². The van der Waals surface area contributed by atoms with E-state index in [4.69, 9.17) is 4.74 Å². The summed E-state index contributed by atoms with van der Waals surface area (Å²) in [7, 11) is 0. The lowest BCUT2D eigenvalue weighted by Crippen LogP contribution is -2.39. The van der Waals surface area contributed by atoms with E-state index in [-0.39, 0.29) is 11.7 Å². The molecule has 0 bridgehead atoms. The van der Waals surface area contributed by atoms with Gasteiger partial charge in [0.2, 0.25) is 4.96 Å². The number of aromatic nitrogens is 3. The molecule has 1 amide bonds. The quantitative estimate of drug-likeness (QED) is 0.821. The molecule has 3 rings (SSSR count). The van der Waals surface area contributed by atoms with Crippen molar-refractivity contribution in [2.24, 2.45) is 0 Å². The molecule has 0 aliphatic carbocycles. The average Bonchev–Trinajstić information content (AvgIpc) is 2.97. The zero-order valence-corrected chi connectivity index (χ0v) is 15.7. The topological polar surface area (TPSA) is 76.8 Å². The first-order valence-corrected chi connectivity index (χ1v) is 9.15. The van der Waals surface area contributed by atoms with Crippen LogP contribution in [-0.4, -0.2) is 44.3 Å². The number of carbonyl (C=O) groups is 1. The van der Waals surface area contributed by atoms with Crippen LogP contribution in [0.1, 0.15) is 44.8 Å². The van der Waals surface area contributed by atoms with Gasteiger partial charge < -0.3 is 9.64 Å². The van der Waals surface area contributed by atoms with E-state index in [9.17, 15) is 9.59 Å². The van der Waals surface area contributed by atoms with Gasteiger partial charge in [-0.1, -0.05) is 24.3 Å². The minimum Gasteiger partial charge on any atom is -0.444 e. The number of hydrogen-bond donors (Lipinski definition) is 0. The van der Waals surface area contributed by atoms with Crippen molar-refractivity contribution in [3.05, 3.63) is 33.2 Å². The second kappa shape index (κ2) is 6.59. The number of aryl methyl sites for hydroxylation is 1. The zero-order valence-electron chi connectivity index (χ0n) is 14.9. The van der Waals surface area contributed by atoms with Crippen molar-refractivity contribution in [2.75, 3.05) is 13.1 Å². The van der Waals surface area contributed by atoms with Crippen LogP contribution in [0.5, 0.6) is 0 Å². The summed E-state index contributed by atoms with van der Waals surface area (Å²) >= 11 is 1.43. The van der Waals surface area contributed by atoms with Crippen LogP contribution in [0.25, 0.3) is 10.5 Å². The predicted molar refractivity (Wildman–Crippen MR) is 96.9 cm³/mol. The molecule has 134 valence electrons. The molecule has 0 radical (unpaired) electrons. The molecule has 2 aromatic heterocycles. The molecule has 0 saturated heterocycles. The van der Waals surface area contributed by atoms with Crippen molar-refractivity contribution >= 4 is 28.0 Å². The Balaban J connectivity index is 1.81. The summed E-state index contributed by atoms with van der Waals surface area (Å²) in [6.45, 7) is 8.55. The highest BCUT2D eigenvalue weighted by molar-refractivity contribution is 7.16. The smallest absolute Gasteiger partial charge is 0.410 e. The molecule has 0 aromatic carbocycles. The Hall–Kier alpha value is -2.22. The van der Waals surface area contributed by atoms with E-state index in [1.165, 1.54) is 21.9 Å². The number of rotatable bonds is 2. The predicted octanol–water partition coefficient (Wildman–Crippen LogP) is 2.74. The van der Waals surface area contributed by atoms with E-state index in [1.807, 2.05) is 33.8 Å². The third-order valence-corrected chi connectivity index (χ3v) is 4.83. The monoisotopic (exact) mass is 362 g/mol. The minimum atomic E-state index is -0.508. The second-order valence-electron chi connectivity index (χ2n) is 6.93. The summed E-state index contributed by atoms with van der Waals surface area (Å²) in [4.78, 5) is 31.2. The number of ether oxygens (including phenoxy) is 1. The molecule has 0 saturated carbocycles. The number of nitrogens with zero attached hydrogens (tertiary/aromatic N) is 4. The van der Waals surface area contributed by atoms with Crippen LogP contribution in [0, 0.1) is 0 Å². The fourth-order valence-electron chi connectivity index (χ4n) is 2.55. The first kappa shape index (κ1) is 17.6. The highest BCUT2D eigenvalue weighted by atomic mass is 32.1. The van der Waals surface area contributed by atoms with E-state index >= 15 is 0 Å². The molecule has 3 heterocycles. The Kier molecular flexibility index (Phi) is 4.64. The standard InChI is InChI=1S/C17H22N4O3S/c1-5-13-19-21-14(22)10-12(18-15(21)25-13)11-6-8-20(9-7-11)16(23)24-17(2,3)4/h6,10H,5,7-9H2,1-4H3. The van der Waals surface area contributed by atoms with Crippen LogP contribution in [-0.2, 0) is 11.2 Å². The third kappa shape index (κ3) is 3.89. The summed E-state index contributed by atoms with van der Waals surface area (Å²) < 4.78 is 6.74. The molecule has 0 spiro atoms. The fraction of sp³-hybridized carbons (Fsp3) is 0.529. The molecule has 7 nitrogen and oxygen atoms in total. The molecule has 2 aromatic rings. The summed E-state index contributed by atoms with van der Waals surface area (Å²) in [5.41, 5.74) is 0.961. The Morgan fingerprint density at radius 1 is 1.40 bits per heavy atom. The van der Waals surface area contributed by atoms with Crippen LogP contribution in [0.4, 0.5) is 4.79 Å². The molecular weight excluding hydrogens is 340 g/mol. The fourth-order valence-corrected chi connectivity index (χ4v) is 3.39. The maximum absolute atomic E-state index is 12.3. The van der Waals surface area contributed by atoms with Crippen LogP contribution < -0.4 is 5.56 Å². The van der Waals surface area contributed by atoms with Crippen LogP contribution in [0.3, 0.4) is 0 Å². The molecule has 8 heteroatoms. The molecular formula is C17H22N4O3S. The van der Waals surface area contributed by atoms with Crippen molar-refractivity contribution in [3.8, 4) is 0 Å². The number of carbonyl (C=O) groups excluding carboxylic acids is 1. The highest BCUT2D eigenvalue weighted by Crippen LogP contribution is 2.23. The summed E-state index contributed by atoms with van der Waals surface area (Å²) in [6, 6.07) is 1.52. The number of amides is 1. The van der Waals surface area contributed by atoms with E-state index in [0.717, 1.165) is 17.0 Å². The van der Waals surface area contributed by atoms with Gasteiger partial charge in [0.25, 0.3) is 5.56 Å². The maximum Gasteiger partial charge on any atom is 0.410 e. The Labute approximate surface area is 149 Å². The number of fused-ring (bicyclic) bond motifs is 1. The van der Waals surface area contributed by atoms with Gasteiger partial charge in [0.05, 0.1) is 5.69 Å². The van der Waals surface area contributed by atoms with E-state index < -0.39 is 5.60 Å². The molecule has 1 aliphatic rings. The van der Waals surface area contributed by atoms with Crippen LogP contribution in [0.2, 0.25) is 0 Å². The zero-order chi connectivity index (χ0) is 18.2. The van der Waals surface area contributed by atoms with E-state index in [2.05, 4.69) is 10.1 Å². The van der Waals surface area contributed by atoms with Crippen LogP contribution in [0.15, 0.2) is 16.9 Å². The summed E-state index contributed by atoms with van der Waals surface area (Å²) in [6.07, 6.45) is 3.03. The SMILES string of the molecule is CCc1nn2c(=O)cc(C3=CCN(C(=O)OC(C)(C)C)CC3)nc2s1. The lowest BCUT2D eigenvalue weighted by Gasteiger charge is -2.29. The van der Waals surface area contributed by atoms with Crippen molar-refractivity contribution < 1.29 is 9.53 Å². The Bertz CT molecular complexity index is 891. The summed E-state index contributed by atoms with van der Waals surface area (Å²) in [5, 5.41) is 5.14. The van der Waals surface area contributed by atoms with Crippen LogP contribution >= 0.6 is 11.3 Å². The lowest BCUT2D eigenvalue weighted by molar-refractivity contribution is 0.0270. The van der Waals surface area contributed by atoms with Crippen molar-refractivity contribution in [3.63, 3.8) is 0 Å². The largest absolute Gasteiger partial charge is 0.444 e. The first-order valence-electron chi connectivity index (χ1n) is 8.34. The molecule has 0 atom stereocenters. The maximum atomic E-state index is 12.3. The van der Waals surface area contributed by atoms with Gasteiger partial charge in [-0.15, -0.1) is 0 Å². The highest BCUT2D eigenvalue weighted by Gasteiger charge is 2.24. The van der Waals surface area contributed by atoms with Crippen molar-refractivity contribution in [1.82, 2.24) is 19.5 Å². The Morgan fingerprint density at radius 2 is 2.16 bits per heavy atom. The van der Waals surface area contributed by atoms with Gasteiger partial charge in [-0.3, -0.25) is 4.79 Å². The van der Waals surface area contributed by atoms with Crippen molar-refractivity contribution in [1.29, 1.82) is 0 Å². The Morgan fingerprint density at radius 3 is 2.76 bits per heavy atom. The van der Waals surface area contributed by atoms with E-state index in [0.29, 0.717) is 30.2 Å². The van der Waals surface area contributed by atoms with Gasteiger partial charge in [-0.05, 0) is 39.2 Å². The molecule has 25 heavy (non-hydrogen) atoms. The number of hydrogen-bond acceptors (Lipinski definition) is 6. The molecule has 0 unspecified atom stereocenters. The molecule has 0 N–H and O–H groups in total. The lowest BCUT2D eigenvalue weighted by atomic mass is 10.1. The normalized spacial score (nSPS) is 15.4. The van der Waals surface area contributed by atoms with Gasteiger partial charge in [0.15, 0.2) is 0 Å². The molecule has 1 aliphatic heterocycles. The minimum absolute atomic E-state index is 0.175. The summed E-state index contributed by atoms with van der Waals surface area (Å²) in [5.74, 6) is 0. The average molecular weight is 362 g/mol. The third-order valence-electron chi connectivity index (χ3n) is 3.78. The van der Waals surface area contributed by atoms with Gasteiger partial charge in [-0.2, -0.15) is 9.61 Å². The van der Waals surface area contributed by atoms with Gasteiger partial charge in [0.1, 0.15) is 10.6 Å². The second-order valence-corrected chi connectivity index (χ2v) is 7.97. The molecule has 0 fully saturated rings. The van der Waals surface area contributed by atoms with Crippen molar-refractivity contribution in [2.45, 2.75) is 46.1 Å². The van der Waals surface area contributed by atoms with E-state index in [1.54, 1.807) is 4.90 Å². The first-order chi connectivity index (χ1) is 11.8. The van der Waals surface area contributed by atoms with Gasteiger partial charge >= 0.3 is 6.09 Å².